The monoisotopic (exact) mass is 292 g/mol. The van der Waals surface area contributed by atoms with Crippen LogP contribution in [-0.4, -0.2) is 41.7 Å². The summed E-state index contributed by atoms with van der Waals surface area (Å²) in [6.45, 7) is 5.77. The summed E-state index contributed by atoms with van der Waals surface area (Å²) in [4.78, 5) is 10.5. The third-order valence-corrected chi connectivity index (χ3v) is 5.79. The number of nitrogens with one attached hydrogen (secondary N) is 1. The molecule has 0 heterocycles. The van der Waals surface area contributed by atoms with E-state index in [-0.39, 0.29) is 0 Å². The SMILES string of the molecule is CCO[Si](CCCCCCNC(N)=O)(OC)OCC. The zero-order chi connectivity index (χ0) is 14.6. The van der Waals surface area contributed by atoms with E-state index in [1.54, 1.807) is 7.11 Å². The first-order valence-electron chi connectivity index (χ1n) is 6.96. The van der Waals surface area contributed by atoms with Gasteiger partial charge >= 0.3 is 14.8 Å². The molecule has 114 valence electrons. The highest BCUT2D eigenvalue weighted by atomic mass is 28.4. The Labute approximate surface area is 117 Å². The molecular weight excluding hydrogens is 264 g/mol. The molecule has 0 saturated heterocycles. The van der Waals surface area contributed by atoms with Gasteiger partial charge in [0, 0.05) is 32.9 Å². The summed E-state index contributed by atoms with van der Waals surface area (Å²) in [7, 11) is -0.785. The van der Waals surface area contributed by atoms with Crippen molar-refractivity contribution in [1.29, 1.82) is 0 Å². The molecule has 0 aromatic rings. The molecule has 0 atom stereocenters. The van der Waals surface area contributed by atoms with Crippen LogP contribution in [0.5, 0.6) is 0 Å². The van der Waals surface area contributed by atoms with Crippen molar-refractivity contribution >= 4 is 14.8 Å². The average Bonchev–Trinajstić information content (AvgIpc) is 2.37. The van der Waals surface area contributed by atoms with Crippen LogP contribution in [-0.2, 0) is 13.3 Å². The van der Waals surface area contributed by atoms with Crippen molar-refractivity contribution < 1.29 is 18.1 Å². The fourth-order valence-corrected chi connectivity index (χ4v) is 4.25. The van der Waals surface area contributed by atoms with Crippen LogP contribution in [0.1, 0.15) is 39.5 Å². The molecule has 0 aromatic carbocycles. The number of urea groups is 1. The van der Waals surface area contributed by atoms with Gasteiger partial charge in [-0.1, -0.05) is 12.8 Å². The second-order valence-corrected chi connectivity index (χ2v) is 7.06. The van der Waals surface area contributed by atoms with Crippen molar-refractivity contribution in [2.24, 2.45) is 5.73 Å². The van der Waals surface area contributed by atoms with Gasteiger partial charge in [-0.15, -0.1) is 0 Å². The molecule has 0 bridgehead atoms. The van der Waals surface area contributed by atoms with Gasteiger partial charge in [0.25, 0.3) is 0 Å². The molecule has 0 aromatic heterocycles. The Morgan fingerprint density at radius 2 is 1.68 bits per heavy atom. The number of hydrogen-bond acceptors (Lipinski definition) is 4. The zero-order valence-corrected chi connectivity index (χ0v) is 13.4. The second-order valence-electron chi connectivity index (χ2n) is 4.21. The van der Waals surface area contributed by atoms with Crippen molar-refractivity contribution in [3.05, 3.63) is 0 Å². The summed E-state index contributed by atoms with van der Waals surface area (Å²) in [6.07, 6.45) is 4.07. The number of rotatable bonds is 12. The maximum absolute atomic E-state index is 10.5. The second kappa shape index (κ2) is 11.2. The van der Waals surface area contributed by atoms with Crippen molar-refractivity contribution in [2.75, 3.05) is 26.9 Å². The van der Waals surface area contributed by atoms with Gasteiger partial charge in [0.1, 0.15) is 0 Å². The van der Waals surface area contributed by atoms with Crippen molar-refractivity contribution in [3.63, 3.8) is 0 Å². The van der Waals surface area contributed by atoms with E-state index in [9.17, 15) is 4.79 Å². The van der Waals surface area contributed by atoms with Gasteiger partial charge in [-0.3, -0.25) is 0 Å². The first kappa shape index (κ1) is 18.4. The lowest BCUT2D eigenvalue weighted by Gasteiger charge is -2.27. The quantitative estimate of drug-likeness (QED) is 0.425. The van der Waals surface area contributed by atoms with Crippen LogP contribution in [0, 0.1) is 0 Å². The maximum Gasteiger partial charge on any atom is 0.500 e. The summed E-state index contributed by atoms with van der Waals surface area (Å²) in [5.41, 5.74) is 4.98. The lowest BCUT2D eigenvalue weighted by Crippen LogP contribution is -2.44. The van der Waals surface area contributed by atoms with Crippen LogP contribution < -0.4 is 11.1 Å². The van der Waals surface area contributed by atoms with E-state index in [4.69, 9.17) is 19.0 Å². The molecule has 0 fully saturated rings. The highest BCUT2D eigenvalue weighted by Crippen LogP contribution is 2.19. The molecule has 7 heteroatoms. The van der Waals surface area contributed by atoms with E-state index in [0.29, 0.717) is 19.8 Å². The molecular formula is C12H28N2O4Si. The third kappa shape index (κ3) is 8.98. The number of carbonyl (C=O) groups excluding carboxylic acids is 1. The number of primary amides is 1. The van der Waals surface area contributed by atoms with Crippen LogP contribution in [0.15, 0.2) is 0 Å². The smallest absolute Gasteiger partial charge is 0.377 e. The summed E-state index contributed by atoms with van der Waals surface area (Å²) in [5.74, 6) is 0. The van der Waals surface area contributed by atoms with Gasteiger partial charge in [0.15, 0.2) is 0 Å². The fraction of sp³-hybridized carbons (Fsp3) is 0.917. The zero-order valence-electron chi connectivity index (χ0n) is 12.4. The van der Waals surface area contributed by atoms with Crippen molar-refractivity contribution in [2.45, 2.75) is 45.6 Å². The predicted molar refractivity (Wildman–Crippen MR) is 76.9 cm³/mol. The minimum atomic E-state index is -2.45. The summed E-state index contributed by atoms with van der Waals surface area (Å²) < 4.78 is 16.9. The lowest BCUT2D eigenvalue weighted by atomic mass is 10.2. The Bertz CT molecular complexity index is 236. The molecule has 0 aliphatic heterocycles. The van der Waals surface area contributed by atoms with Crippen molar-refractivity contribution in [3.8, 4) is 0 Å². The lowest BCUT2D eigenvalue weighted by molar-refractivity contribution is 0.0859. The van der Waals surface area contributed by atoms with E-state index < -0.39 is 14.8 Å². The summed E-state index contributed by atoms with van der Waals surface area (Å²) >= 11 is 0. The molecule has 0 rings (SSSR count). The normalized spacial score (nSPS) is 11.5. The molecule has 0 spiro atoms. The average molecular weight is 292 g/mol. The standard InChI is InChI=1S/C12H28N2O4Si/c1-4-17-19(16-3,18-5-2)11-9-7-6-8-10-14-12(13)15/h4-11H2,1-3H3,(H3,13,14,15). The molecule has 3 N–H and O–H groups in total. The van der Waals surface area contributed by atoms with Gasteiger partial charge in [-0.05, 0) is 26.7 Å². The number of unbranched alkanes of at least 4 members (excludes halogenated alkanes) is 3. The Hall–Kier alpha value is -0.633. The number of amides is 2. The predicted octanol–water partition coefficient (Wildman–Crippen LogP) is 1.87. The Morgan fingerprint density at radius 1 is 1.11 bits per heavy atom. The molecule has 0 unspecified atom stereocenters. The highest BCUT2D eigenvalue weighted by Gasteiger charge is 2.38. The van der Waals surface area contributed by atoms with E-state index in [2.05, 4.69) is 5.32 Å². The van der Waals surface area contributed by atoms with Gasteiger partial charge < -0.3 is 24.3 Å². The maximum atomic E-state index is 10.5. The fourth-order valence-electron chi connectivity index (χ4n) is 1.88. The number of nitrogens with two attached hydrogens (primary N) is 1. The highest BCUT2D eigenvalue weighted by molar-refractivity contribution is 6.60. The van der Waals surface area contributed by atoms with Gasteiger partial charge in [0.2, 0.25) is 0 Å². The Morgan fingerprint density at radius 3 is 2.16 bits per heavy atom. The van der Waals surface area contributed by atoms with E-state index in [1.807, 2.05) is 13.8 Å². The van der Waals surface area contributed by atoms with Crippen LogP contribution in [0.3, 0.4) is 0 Å². The molecule has 0 saturated carbocycles. The molecule has 19 heavy (non-hydrogen) atoms. The number of hydrogen-bond donors (Lipinski definition) is 2. The van der Waals surface area contributed by atoms with E-state index >= 15 is 0 Å². The van der Waals surface area contributed by atoms with Gasteiger partial charge in [-0.25, -0.2) is 4.79 Å². The van der Waals surface area contributed by atoms with E-state index in [0.717, 1.165) is 31.7 Å². The van der Waals surface area contributed by atoms with Crippen molar-refractivity contribution in [1.82, 2.24) is 5.32 Å². The summed E-state index contributed by atoms with van der Waals surface area (Å²) in [5, 5.41) is 2.58. The number of carbonyl (C=O) groups is 1. The first-order valence-corrected chi connectivity index (χ1v) is 8.89. The molecule has 0 aliphatic carbocycles. The largest absolute Gasteiger partial charge is 0.500 e. The topological polar surface area (TPSA) is 82.8 Å². The molecule has 6 nitrogen and oxygen atoms in total. The van der Waals surface area contributed by atoms with Crippen LogP contribution in [0.4, 0.5) is 4.79 Å². The minimum Gasteiger partial charge on any atom is -0.377 e. The summed E-state index contributed by atoms with van der Waals surface area (Å²) in [6, 6.07) is 0.382. The van der Waals surface area contributed by atoms with Crippen LogP contribution >= 0.6 is 0 Å². The van der Waals surface area contributed by atoms with Gasteiger partial charge in [-0.2, -0.15) is 0 Å². The Kier molecular flexibility index (Phi) is 10.8. The minimum absolute atomic E-state index is 0.460. The molecule has 0 radical (unpaired) electrons. The van der Waals surface area contributed by atoms with Crippen LogP contribution in [0.25, 0.3) is 0 Å². The Balaban J connectivity index is 3.77. The third-order valence-electron chi connectivity index (χ3n) is 2.75. The van der Waals surface area contributed by atoms with E-state index in [1.165, 1.54) is 0 Å². The molecule has 0 aliphatic rings. The first-order chi connectivity index (χ1) is 9.10. The molecule has 2 amide bonds. The van der Waals surface area contributed by atoms with Gasteiger partial charge in [0.05, 0.1) is 0 Å². The van der Waals surface area contributed by atoms with Crippen LogP contribution in [0.2, 0.25) is 6.04 Å².